The molecule has 0 fully saturated rings. The molecule has 0 saturated heterocycles. The molecule has 0 aliphatic heterocycles. The van der Waals surface area contributed by atoms with Gasteiger partial charge in [-0.25, -0.2) is 0 Å². The van der Waals surface area contributed by atoms with Gasteiger partial charge in [-0.3, -0.25) is 4.68 Å². The number of rotatable bonds is 5. The van der Waals surface area contributed by atoms with Crippen LogP contribution in [-0.2, 0) is 13.5 Å². The van der Waals surface area contributed by atoms with Crippen LogP contribution in [0.5, 0.6) is 0 Å². The van der Waals surface area contributed by atoms with Crippen LogP contribution in [0, 0.1) is 6.92 Å². The minimum absolute atomic E-state index is 0.314. The lowest BCUT2D eigenvalue weighted by atomic mass is 9.97. The van der Waals surface area contributed by atoms with Gasteiger partial charge in [-0.15, -0.1) is 0 Å². The van der Waals surface area contributed by atoms with E-state index >= 15 is 0 Å². The van der Waals surface area contributed by atoms with E-state index in [2.05, 4.69) is 35.5 Å². The lowest BCUT2D eigenvalue weighted by Gasteiger charge is -2.19. The molecule has 19 heavy (non-hydrogen) atoms. The van der Waals surface area contributed by atoms with Crippen LogP contribution in [-0.4, -0.2) is 16.8 Å². The van der Waals surface area contributed by atoms with Gasteiger partial charge in [0.2, 0.25) is 0 Å². The summed E-state index contributed by atoms with van der Waals surface area (Å²) in [6.45, 7) is 2.13. The molecule has 1 atom stereocenters. The summed E-state index contributed by atoms with van der Waals surface area (Å²) in [7, 11) is 3.97. The van der Waals surface area contributed by atoms with E-state index in [1.807, 2.05) is 31.0 Å². The molecule has 1 N–H and O–H groups in total. The van der Waals surface area contributed by atoms with Gasteiger partial charge in [0, 0.05) is 30.0 Å². The van der Waals surface area contributed by atoms with Crippen LogP contribution in [0.3, 0.4) is 0 Å². The summed E-state index contributed by atoms with van der Waals surface area (Å²) >= 11 is 6.10. The maximum atomic E-state index is 6.10. The van der Waals surface area contributed by atoms with E-state index in [0.29, 0.717) is 6.04 Å². The van der Waals surface area contributed by atoms with Crippen LogP contribution in [0.2, 0.25) is 5.02 Å². The number of nitrogens with zero attached hydrogens (tertiary/aromatic N) is 2. The Bertz CT molecular complexity index is 548. The van der Waals surface area contributed by atoms with Crippen molar-refractivity contribution in [2.75, 3.05) is 7.05 Å². The molecule has 0 radical (unpaired) electrons. The molecule has 0 bridgehead atoms. The van der Waals surface area contributed by atoms with Gasteiger partial charge in [0.05, 0.1) is 0 Å². The van der Waals surface area contributed by atoms with Gasteiger partial charge >= 0.3 is 0 Å². The van der Waals surface area contributed by atoms with Crippen molar-refractivity contribution in [3.63, 3.8) is 0 Å². The molecular weight excluding hydrogens is 258 g/mol. The van der Waals surface area contributed by atoms with Crippen LogP contribution in [0.25, 0.3) is 0 Å². The Kier molecular flexibility index (Phi) is 4.61. The fourth-order valence-electron chi connectivity index (χ4n) is 2.38. The summed E-state index contributed by atoms with van der Waals surface area (Å²) in [5.41, 5.74) is 3.80. The fraction of sp³-hybridized carbons (Fsp3) is 0.400. The van der Waals surface area contributed by atoms with E-state index in [9.17, 15) is 0 Å². The third kappa shape index (κ3) is 3.37. The van der Waals surface area contributed by atoms with Crippen LogP contribution in [0.4, 0.5) is 0 Å². The number of aryl methyl sites for hydroxylation is 3. The predicted octanol–water partition coefficient (Wildman–Crippen LogP) is 3.28. The molecule has 2 rings (SSSR count). The first-order valence-electron chi connectivity index (χ1n) is 6.52. The third-order valence-corrected chi connectivity index (χ3v) is 3.81. The molecule has 1 heterocycles. The first-order valence-corrected chi connectivity index (χ1v) is 6.90. The highest BCUT2D eigenvalue weighted by Crippen LogP contribution is 2.25. The van der Waals surface area contributed by atoms with E-state index in [-0.39, 0.29) is 0 Å². The Morgan fingerprint density at radius 1 is 1.37 bits per heavy atom. The zero-order valence-corrected chi connectivity index (χ0v) is 12.4. The van der Waals surface area contributed by atoms with E-state index in [1.165, 1.54) is 16.8 Å². The van der Waals surface area contributed by atoms with Gasteiger partial charge in [0.1, 0.15) is 0 Å². The lowest BCUT2D eigenvalue weighted by Crippen LogP contribution is -2.18. The molecule has 102 valence electrons. The molecule has 2 aromatic rings. The minimum atomic E-state index is 0.314. The van der Waals surface area contributed by atoms with Crippen LogP contribution < -0.4 is 5.32 Å². The van der Waals surface area contributed by atoms with Crippen molar-refractivity contribution in [2.24, 2.45) is 7.05 Å². The number of hydrogen-bond acceptors (Lipinski definition) is 2. The standard InChI is InChI=1S/C15H20ClN3/c1-11-4-5-12(16)10-14(11)15(17-2)7-6-13-8-9-18-19(13)3/h4-5,8-10,15,17H,6-7H2,1-3H3. The first-order chi connectivity index (χ1) is 9.11. The smallest absolute Gasteiger partial charge is 0.0492 e. The Morgan fingerprint density at radius 2 is 2.16 bits per heavy atom. The molecule has 1 aromatic carbocycles. The Hall–Kier alpha value is -1.32. The highest BCUT2D eigenvalue weighted by Gasteiger charge is 2.13. The summed E-state index contributed by atoms with van der Waals surface area (Å²) in [5, 5.41) is 8.37. The van der Waals surface area contributed by atoms with Gasteiger partial charge in [0.25, 0.3) is 0 Å². The molecule has 3 nitrogen and oxygen atoms in total. The number of aromatic nitrogens is 2. The average Bonchev–Trinajstić information content (AvgIpc) is 2.80. The van der Waals surface area contributed by atoms with Gasteiger partial charge in [-0.1, -0.05) is 17.7 Å². The van der Waals surface area contributed by atoms with Crippen molar-refractivity contribution < 1.29 is 0 Å². The molecule has 1 aromatic heterocycles. The van der Waals surface area contributed by atoms with E-state index < -0.39 is 0 Å². The molecule has 4 heteroatoms. The number of halogens is 1. The Morgan fingerprint density at radius 3 is 2.79 bits per heavy atom. The van der Waals surface area contributed by atoms with E-state index in [4.69, 9.17) is 11.6 Å². The molecule has 0 aliphatic rings. The Balaban J connectivity index is 2.12. The van der Waals surface area contributed by atoms with Crippen molar-refractivity contribution in [1.29, 1.82) is 0 Å². The third-order valence-electron chi connectivity index (χ3n) is 3.58. The maximum Gasteiger partial charge on any atom is 0.0492 e. The lowest BCUT2D eigenvalue weighted by molar-refractivity contribution is 0.533. The van der Waals surface area contributed by atoms with Gasteiger partial charge in [-0.2, -0.15) is 5.10 Å². The topological polar surface area (TPSA) is 29.9 Å². The highest BCUT2D eigenvalue weighted by atomic mass is 35.5. The zero-order chi connectivity index (χ0) is 13.8. The van der Waals surface area contributed by atoms with Crippen LogP contribution in [0.15, 0.2) is 30.5 Å². The molecule has 0 aliphatic carbocycles. The fourth-order valence-corrected chi connectivity index (χ4v) is 2.56. The molecule has 0 spiro atoms. The summed E-state index contributed by atoms with van der Waals surface area (Å²) in [6, 6.07) is 8.45. The van der Waals surface area contributed by atoms with Crippen molar-refractivity contribution in [1.82, 2.24) is 15.1 Å². The highest BCUT2D eigenvalue weighted by molar-refractivity contribution is 6.30. The average molecular weight is 278 g/mol. The van der Waals surface area contributed by atoms with Crippen LogP contribution in [0.1, 0.15) is 29.3 Å². The number of hydrogen-bond donors (Lipinski definition) is 1. The molecule has 1 unspecified atom stereocenters. The normalized spacial score (nSPS) is 12.6. The largest absolute Gasteiger partial charge is 0.313 e. The SMILES string of the molecule is CNC(CCc1ccnn1C)c1cc(Cl)ccc1C. The molecular formula is C15H20ClN3. The predicted molar refractivity (Wildman–Crippen MR) is 79.5 cm³/mol. The van der Waals surface area contributed by atoms with Crippen molar-refractivity contribution in [3.05, 3.63) is 52.3 Å². The summed E-state index contributed by atoms with van der Waals surface area (Å²) in [5.74, 6) is 0. The summed E-state index contributed by atoms with van der Waals surface area (Å²) in [6.07, 6.45) is 3.86. The van der Waals surface area contributed by atoms with E-state index in [0.717, 1.165) is 17.9 Å². The second-order valence-corrected chi connectivity index (χ2v) is 5.26. The van der Waals surface area contributed by atoms with Crippen LogP contribution >= 0.6 is 11.6 Å². The molecule has 0 amide bonds. The second-order valence-electron chi connectivity index (χ2n) is 4.83. The van der Waals surface area contributed by atoms with Crippen molar-refractivity contribution in [2.45, 2.75) is 25.8 Å². The summed E-state index contributed by atoms with van der Waals surface area (Å²) in [4.78, 5) is 0. The van der Waals surface area contributed by atoms with Gasteiger partial charge in [0.15, 0.2) is 0 Å². The van der Waals surface area contributed by atoms with Gasteiger partial charge < -0.3 is 5.32 Å². The number of benzene rings is 1. The second kappa shape index (κ2) is 6.22. The van der Waals surface area contributed by atoms with Gasteiger partial charge in [-0.05, 0) is 56.1 Å². The zero-order valence-electron chi connectivity index (χ0n) is 11.7. The van der Waals surface area contributed by atoms with Crippen molar-refractivity contribution >= 4 is 11.6 Å². The summed E-state index contributed by atoms with van der Waals surface area (Å²) < 4.78 is 1.93. The quantitative estimate of drug-likeness (QED) is 0.909. The number of nitrogens with one attached hydrogen (secondary N) is 1. The first kappa shape index (κ1) is 14.1. The van der Waals surface area contributed by atoms with Crippen molar-refractivity contribution in [3.8, 4) is 0 Å². The Labute approximate surface area is 119 Å². The monoisotopic (exact) mass is 277 g/mol. The molecule has 0 saturated carbocycles. The minimum Gasteiger partial charge on any atom is -0.313 e. The maximum absolute atomic E-state index is 6.10. The van der Waals surface area contributed by atoms with E-state index in [1.54, 1.807) is 0 Å².